The van der Waals surface area contributed by atoms with E-state index in [0.717, 1.165) is 11.5 Å². The van der Waals surface area contributed by atoms with Crippen LogP contribution in [0.25, 0.3) is 5.69 Å². The highest BCUT2D eigenvalue weighted by atomic mass is 16.5. The summed E-state index contributed by atoms with van der Waals surface area (Å²) in [6.07, 6.45) is 0.470. The number of nitrogens with zero attached hydrogens (tertiary/aromatic N) is 5. The highest BCUT2D eigenvalue weighted by Gasteiger charge is 2.12. The van der Waals surface area contributed by atoms with Crippen LogP contribution in [0.4, 0.5) is 10.5 Å². The molecule has 1 aromatic carbocycles. The Morgan fingerprint density at radius 2 is 1.96 bits per heavy atom. The summed E-state index contributed by atoms with van der Waals surface area (Å²) in [6.45, 7) is 5.82. The first-order valence-corrected chi connectivity index (χ1v) is 7.86. The number of hydrogen-bond acceptors (Lipinski definition) is 6. The summed E-state index contributed by atoms with van der Waals surface area (Å²) >= 11 is 0. The van der Waals surface area contributed by atoms with E-state index in [2.05, 4.69) is 30.9 Å². The minimum Gasteiger partial charge on any atom is -0.339 e. The van der Waals surface area contributed by atoms with Gasteiger partial charge in [-0.1, -0.05) is 17.3 Å². The maximum Gasteiger partial charge on any atom is 0.319 e. The molecule has 0 aliphatic carbocycles. The molecule has 0 spiro atoms. The Balaban J connectivity index is 1.64. The summed E-state index contributed by atoms with van der Waals surface area (Å²) < 4.78 is 6.71. The van der Waals surface area contributed by atoms with Crippen molar-refractivity contribution in [2.24, 2.45) is 0 Å². The Labute approximate surface area is 144 Å². The second-order valence-corrected chi connectivity index (χ2v) is 5.50. The van der Waals surface area contributed by atoms with Crippen molar-refractivity contribution in [3.8, 4) is 5.69 Å². The van der Waals surface area contributed by atoms with E-state index in [1.807, 2.05) is 38.1 Å². The average molecular weight is 341 g/mol. The second-order valence-electron chi connectivity index (χ2n) is 5.50. The number of nitrogens with one attached hydrogen (secondary N) is 2. The Bertz CT molecular complexity index is 884. The zero-order valence-corrected chi connectivity index (χ0v) is 14.3. The zero-order chi connectivity index (χ0) is 17.8. The smallest absolute Gasteiger partial charge is 0.319 e. The summed E-state index contributed by atoms with van der Waals surface area (Å²) in [4.78, 5) is 20.5. The van der Waals surface area contributed by atoms with Crippen molar-refractivity contribution < 1.29 is 9.32 Å². The van der Waals surface area contributed by atoms with Crippen LogP contribution in [0.3, 0.4) is 0 Å². The lowest BCUT2D eigenvalue weighted by atomic mass is 10.2. The van der Waals surface area contributed by atoms with Gasteiger partial charge in [0, 0.05) is 13.0 Å². The van der Waals surface area contributed by atoms with Gasteiger partial charge in [0.05, 0.1) is 11.4 Å². The maximum atomic E-state index is 12.1. The number of para-hydroxylation sites is 2. The Morgan fingerprint density at radius 1 is 1.16 bits per heavy atom. The van der Waals surface area contributed by atoms with E-state index in [1.165, 1.54) is 0 Å². The van der Waals surface area contributed by atoms with Crippen molar-refractivity contribution in [1.29, 1.82) is 0 Å². The third-order valence-electron chi connectivity index (χ3n) is 3.45. The molecule has 25 heavy (non-hydrogen) atoms. The number of carbonyl (C=O) groups is 1. The van der Waals surface area contributed by atoms with Gasteiger partial charge in [-0.05, 0) is 32.9 Å². The first-order chi connectivity index (χ1) is 12.0. The largest absolute Gasteiger partial charge is 0.339 e. The van der Waals surface area contributed by atoms with Crippen LogP contribution < -0.4 is 10.6 Å². The van der Waals surface area contributed by atoms with Gasteiger partial charge in [0.1, 0.15) is 11.6 Å². The number of carbonyl (C=O) groups excluding carboxylic acids is 1. The third kappa shape index (κ3) is 4.00. The molecular weight excluding hydrogens is 322 g/mol. The highest BCUT2D eigenvalue weighted by Crippen LogP contribution is 2.20. The number of amides is 2. The quantitative estimate of drug-likeness (QED) is 0.734. The van der Waals surface area contributed by atoms with Gasteiger partial charge in [0.15, 0.2) is 5.82 Å². The lowest BCUT2D eigenvalue weighted by Crippen LogP contribution is -2.31. The molecular formula is C16H19N7O2. The van der Waals surface area contributed by atoms with Gasteiger partial charge in [-0.2, -0.15) is 10.1 Å². The number of aromatic nitrogens is 5. The van der Waals surface area contributed by atoms with Gasteiger partial charge in [0.25, 0.3) is 0 Å². The van der Waals surface area contributed by atoms with Crippen molar-refractivity contribution in [1.82, 2.24) is 30.2 Å². The van der Waals surface area contributed by atoms with Crippen LogP contribution in [0, 0.1) is 20.8 Å². The molecule has 0 saturated carbocycles. The minimum atomic E-state index is -0.321. The molecule has 2 aromatic heterocycles. The summed E-state index contributed by atoms with van der Waals surface area (Å²) in [6, 6.07) is 7.09. The normalized spacial score (nSPS) is 10.7. The first-order valence-electron chi connectivity index (χ1n) is 7.86. The van der Waals surface area contributed by atoms with Gasteiger partial charge in [-0.3, -0.25) is 0 Å². The van der Waals surface area contributed by atoms with Crippen LogP contribution in [0.1, 0.15) is 23.4 Å². The molecule has 3 rings (SSSR count). The fourth-order valence-electron chi connectivity index (χ4n) is 2.40. The molecule has 0 fully saturated rings. The molecule has 0 aliphatic rings. The molecule has 2 amide bonds. The van der Waals surface area contributed by atoms with Gasteiger partial charge in [-0.25, -0.2) is 14.5 Å². The van der Waals surface area contributed by atoms with E-state index in [1.54, 1.807) is 11.6 Å². The number of rotatable bonds is 5. The fourth-order valence-corrected chi connectivity index (χ4v) is 2.40. The van der Waals surface area contributed by atoms with Gasteiger partial charge in [-0.15, -0.1) is 0 Å². The monoisotopic (exact) mass is 341 g/mol. The molecule has 9 heteroatoms. The topological polar surface area (TPSA) is 111 Å². The summed E-state index contributed by atoms with van der Waals surface area (Å²) in [5.41, 5.74) is 1.39. The fraction of sp³-hybridized carbons (Fsp3) is 0.312. The van der Waals surface area contributed by atoms with Crippen molar-refractivity contribution in [3.63, 3.8) is 0 Å². The van der Waals surface area contributed by atoms with Crippen LogP contribution in [0.5, 0.6) is 0 Å². The van der Waals surface area contributed by atoms with E-state index in [4.69, 9.17) is 4.52 Å². The SMILES string of the molecule is Cc1noc(CCNC(=O)Nc2ccccc2-n2nc(C)nc2C)n1. The molecule has 0 aliphatic heterocycles. The molecule has 0 unspecified atom stereocenters. The van der Waals surface area contributed by atoms with Crippen molar-refractivity contribution in [3.05, 3.63) is 47.6 Å². The van der Waals surface area contributed by atoms with Gasteiger partial charge < -0.3 is 15.2 Å². The van der Waals surface area contributed by atoms with Crippen LogP contribution in [0.2, 0.25) is 0 Å². The number of aryl methyl sites for hydroxylation is 3. The summed E-state index contributed by atoms with van der Waals surface area (Å²) in [7, 11) is 0. The van der Waals surface area contributed by atoms with Crippen molar-refractivity contribution in [2.75, 3.05) is 11.9 Å². The number of urea groups is 1. The minimum absolute atomic E-state index is 0.321. The second kappa shape index (κ2) is 7.12. The lowest BCUT2D eigenvalue weighted by molar-refractivity contribution is 0.252. The average Bonchev–Trinajstić information content (AvgIpc) is 3.13. The van der Waals surface area contributed by atoms with Gasteiger partial charge in [0.2, 0.25) is 5.89 Å². The summed E-state index contributed by atoms with van der Waals surface area (Å²) in [5, 5.41) is 13.7. The number of benzene rings is 1. The molecule has 0 atom stereocenters. The Hall–Kier alpha value is -3.23. The van der Waals surface area contributed by atoms with Crippen LogP contribution in [0.15, 0.2) is 28.8 Å². The Kier molecular flexibility index (Phi) is 4.73. The molecule has 3 aromatic rings. The molecule has 0 radical (unpaired) electrons. The standard InChI is InChI=1S/C16H19N7O2/c1-10-18-12(3)23(21-10)14-7-5-4-6-13(14)20-16(24)17-9-8-15-19-11(2)22-25-15/h4-7H,8-9H2,1-3H3,(H2,17,20,24). The van der Waals surface area contributed by atoms with Crippen molar-refractivity contribution in [2.45, 2.75) is 27.2 Å². The lowest BCUT2D eigenvalue weighted by Gasteiger charge is -2.12. The predicted molar refractivity (Wildman–Crippen MR) is 90.6 cm³/mol. The predicted octanol–water partition coefficient (Wildman–Crippen LogP) is 1.94. The number of anilines is 1. The highest BCUT2D eigenvalue weighted by molar-refractivity contribution is 5.91. The molecule has 130 valence electrons. The molecule has 0 saturated heterocycles. The number of hydrogen-bond donors (Lipinski definition) is 2. The zero-order valence-electron chi connectivity index (χ0n) is 14.3. The molecule has 2 N–H and O–H groups in total. The molecule has 0 bridgehead atoms. The van der Waals surface area contributed by atoms with Gasteiger partial charge >= 0.3 is 6.03 Å². The van der Waals surface area contributed by atoms with E-state index in [0.29, 0.717) is 36.2 Å². The van der Waals surface area contributed by atoms with E-state index < -0.39 is 0 Å². The third-order valence-corrected chi connectivity index (χ3v) is 3.45. The molecule has 9 nitrogen and oxygen atoms in total. The molecule has 2 heterocycles. The first kappa shape index (κ1) is 16.6. The maximum absolute atomic E-state index is 12.1. The van der Waals surface area contributed by atoms with E-state index in [9.17, 15) is 4.79 Å². The van der Waals surface area contributed by atoms with E-state index in [-0.39, 0.29) is 6.03 Å². The Morgan fingerprint density at radius 3 is 2.64 bits per heavy atom. The van der Waals surface area contributed by atoms with Crippen LogP contribution >= 0.6 is 0 Å². The van der Waals surface area contributed by atoms with Crippen LogP contribution in [-0.4, -0.2) is 37.5 Å². The van der Waals surface area contributed by atoms with Crippen molar-refractivity contribution >= 4 is 11.7 Å². The van der Waals surface area contributed by atoms with Crippen LogP contribution in [-0.2, 0) is 6.42 Å². The summed E-state index contributed by atoms with van der Waals surface area (Å²) in [5.74, 6) is 2.49. The van der Waals surface area contributed by atoms with E-state index >= 15 is 0 Å².